The Balaban J connectivity index is 1.93. The van der Waals surface area contributed by atoms with Crippen LogP contribution in [0.25, 0.3) is 0 Å². The monoisotopic (exact) mass is 153 g/mol. The molecule has 1 nitrogen and oxygen atoms in total. The molecule has 0 aromatic carbocycles. The first-order valence-corrected chi connectivity index (χ1v) is 5.10. The van der Waals surface area contributed by atoms with E-state index >= 15 is 0 Å². The van der Waals surface area contributed by atoms with Crippen LogP contribution in [0.2, 0.25) is 0 Å². The number of hydrogen-bond acceptors (Lipinski definition) is 1. The summed E-state index contributed by atoms with van der Waals surface area (Å²) < 4.78 is 0. The summed E-state index contributed by atoms with van der Waals surface area (Å²) in [5, 5.41) is 0. The quantitative estimate of drug-likeness (QED) is 0.516. The highest BCUT2D eigenvalue weighted by molar-refractivity contribution is 4.82. The molecule has 64 valence electrons. The lowest BCUT2D eigenvalue weighted by molar-refractivity contribution is 0.0839. The molecule has 2 atom stereocenters. The van der Waals surface area contributed by atoms with Crippen molar-refractivity contribution in [3.05, 3.63) is 0 Å². The Morgan fingerprint density at radius 3 is 2.91 bits per heavy atom. The Morgan fingerprint density at radius 2 is 2.00 bits per heavy atom. The van der Waals surface area contributed by atoms with Gasteiger partial charge in [-0.25, -0.2) is 0 Å². The maximum absolute atomic E-state index is 2.71. The van der Waals surface area contributed by atoms with Crippen molar-refractivity contribution in [3.8, 4) is 0 Å². The molecule has 0 aliphatic carbocycles. The second-order valence-electron chi connectivity index (χ2n) is 4.32. The fourth-order valence-corrected chi connectivity index (χ4v) is 2.59. The summed E-state index contributed by atoms with van der Waals surface area (Å²) in [6.45, 7) is 5.18. The Hall–Kier alpha value is -0.0400. The van der Waals surface area contributed by atoms with E-state index in [1.54, 1.807) is 0 Å². The van der Waals surface area contributed by atoms with E-state index in [9.17, 15) is 0 Å². The van der Waals surface area contributed by atoms with Crippen molar-refractivity contribution in [1.29, 1.82) is 0 Å². The highest BCUT2D eigenvalue weighted by atomic mass is 15.2. The lowest BCUT2D eigenvalue weighted by Crippen LogP contribution is -2.44. The average Bonchev–Trinajstić information content (AvgIpc) is 2.04. The van der Waals surface area contributed by atoms with Crippen molar-refractivity contribution < 1.29 is 0 Å². The zero-order valence-corrected chi connectivity index (χ0v) is 7.55. The van der Waals surface area contributed by atoms with Crippen LogP contribution in [0.1, 0.15) is 39.0 Å². The Bertz CT molecular complexity index is 133. The van der Waals surface area contributed by atoms with Crippen LogP contribution in [0, 0.1) is 5.92 Å². The highest BCUT2D eigenvalue weighted by Gasteiger charge is 2.27. The van der Waals surface area contributed by atoms with E-state index in [0.29, 0.717) is 0 Å². The van der Waals surface area contributed by atoms with Crippen LogP contribution in [0.3, 0.4) is 0 Å². The zero-order chi connectivity index (χ0) is 7.68. The maximum Gasteiger partial charge on any atom is 0.00978 e. The summed E-state index contributed by atoms with van der Waals surface area (Å²) in [5.41, 5.74) is 0. The van der Waals surface area contributed by atoms with Gasteiger partial charge in [0, 0.05) is 6.04 Å². The number of fused-ring (bicyclic) bond motifs is 1. The van der Waals surface area contributed by atoms with Crippen LogP contribution in [0.15, 0.2) is 0 Å². The van der Waals surface area contributed by atoms with Gasteiger partial charge < -0.3 is 4.90 Å². The van der Waals surface area contributed by atoms with Crippen molar-refractivity contribution in [2.45, 2.75) is 45.1 Å². The smallest absolute Gasteiger partial charge is 0.00978 e. The van der Waals surface area contributed by atoms with E-state index in [0.717, 1.165) is 12.0 Å². The molecule has 0 aromatic rings. The molecule has 2 rings (SSSR count). The van der Waals surface area contributed by atoms with Crippen molar-refractivity contribution in [2.75, 3.05) is 13.1 Å². The van der Waals surface area contributed by atoms with Gasteiger partial charge in [-0.15, -0.1) is 0 Å². The van der Waals surface area contributed by atoms with Gasteiger partial charge in [0.25, 0.3) is 0 Å². The van der Waals surface area contributed by atoms with Crippen molar-refractivity contribution >= 4 is 0 Å². The van der Waals surface area contributed by atoms with Crippen LogP contribution in [-0.2, 0) is 0 Å². The zero-order valence-electron chi connectivity index (χ0n) is 7.55. The van der Waals surface area contributed by atoms with Gasteiger partial charge >= 0.3 is 0 Å². The van der Waals surface area contributed by atoms with Gasteiger partial charge in [0.15, 0.2) is 0 Å². The van der Waals surface area contributed by atoms with Crippen LogP contribution in [0.5, 0.6) is 0 Å². The molecule has 0 spiro atoms. The van der Waals surface area contributed by atoms with Crippen LogP contribution in [-0.4, -0.2) is 24.0 Å². The van der Waals surface area contributed by atoms with Crippen LogP contribution >= 0.6 is 0 Å². The molecule has 2 fully saturated rings. The van der Waals surface area contributed by atoms with E-state index in [-0.39, 0.29) is 0 Å². The third kappa shape index (κ3) is 1.58. The van der Waals surface area contributed by atoms with Gasteiger partial charge in [-0.05, 0) is 44.7 Å². The molecular formula is C10H19N. The molecule has 2 unspecified atom stereocenters. The molecular weight excluding hydrogens is 134 g/mol. The summed E-state index contributed by atoms with van der Waals surface area (Å²) in [4.78, 5) is 2.71. The molecule has 0 aromatic heterocycles. The topological polar surface area (TPSA) is 3.24 Å². The Labute approximate surface area is 69.8 Å². The summed E-state index contributed by atoms with van der Waals surface area (Å²) in [6, 6.07) is 0.965. The van der Waals surface area contributed by atoms with Gasteiger partial charge in [0.1, 0.15) is 0 Å². The summed E-state index contributed by atoms with van der Waals surface area (Å²) in [5.74, 6) is 0.995. The SMILES string of the molecule is CC1CCN2CCCCC2C1. The van der Waals surface area contributed by atoms with Gasteiger partial charge in [-0.2, -0.15) is 0 Å². The molecule has 2 saturated heterocycles. The van der Waals surface area contributed by atoms with Crippen molar-refractivity contribution in [1.82, 2.24) is 4.90 Å². The predicted molar refractivity (Wildman–Crippen MR) is 47.6 cm³/mol. The molecule has 11 heavy (non-hydrogen) atoms. The number of nitrogens with zero attached hydrogens (tertiary/aromatic N) is 1. The fraction of sp³-hybridized carbons (Fsp3) is 1.00. The number of hydrogen-bond donors (Lipinski definition) is 0. The molecule has 2 aliphatic rings. The first kappa shape index (κ1) is 7.60. The van der Waals surface area contributed by atoms with E-state index in [4.69, 9.17) is 0 Å². The first-order valence-electron chi connectivity index (χ1n) is 5.10. The van der Waals surface area contributed by atoms with E-state index < -0.39 is 0 Å². The Morgan fingerprint density at radius 1 is 1.09 bits per heavy atom. The largest absolute Gasteiger partial charge is 0.300 e. The molecule has 0 amide bonds. The molecule has 0 radical (unpaired) electrons. The first-order chi connectivity index (χ1) is 5.36. The van der Waals surface area contributed by atoms with Gasteiger partial charge in [0.2, 0.25) is 0 Å². The Kier molecular flexibility index (Phi) is 2.17. The molecule has 2 heterocycles. The minimum absolute atomic E-state index is 0.965. The third-order valence-corrected chi connectivity index (χ3v) is 3.33. The summed E-state index contributed by atoms with van der Waals surface area (Å²) >= 11 is 0. The van der Waals surface area contributed by atoms with Crippen LogP contribution in [0.4, 0.5) is 0 Å². The van der Waals surface area contributed by atoms with Gasteiger partial charge in [0.05, 0.1) is 0 Å². The number of piperidine rings is 2. The second-order valence-corrected chi connectivity index (χ2v) is 4.32. The van der Waals surface area contributed by atoms with Crippen molar-refractivity contribution in [3.63, 3.8) is 0 Å². The van der Waals surface area contributed by atoms with E-state index in [1.165, 1.54) is 45.2 Å². The van der Waals surface area contributed by atoms with E-state index in [2.05, 4.69) is 11.8 Å². The highest BCUT2D eigenvalue weighted by Crippen LogP contribution is 2.28. The molecule has 0 bridgehead atoms. The third-order valence-electron chi connectivity index (χ3n) is 3.33. The lowest BCUT2D eigenvalue weighted by atomic mass is 9.87. The van der Waals surface area contributed by atoms with Gasteiger partial charge in [-0.1, -0.05) is 13.3 Å². The molecule has 1 heteroatoms. The normalized spacial score (nSPS) is 40.1. The number of rotatable bonds is 0. The predicted octanol–water partition coefficient (Wildman–Crippen LogP) is 2.27. The molecule has 0 N–H and O–H groups in total. The average molecular weight is 153 g/mol. The maximum atomic E-state index is 2.71. The minimum Gasteiger partial charge on any atom is -0.300 e. The van der Waals surface area contributed by atoms with Gasteiger partial charge in [-0.3, -0.25) is 0 Å². The van der Waals surface area contributed by atoms with Crippen molar-refractivity contribution in [2.24, 2.45) is 5.92 Å². The summed E-state index contributed by atoms with van der Waals surface area (Å²) in [6.07, 6.45) is 7.32. The second kappa shape index (κ2) is 3.14. The van der Waals surface area contributed by atoms with E-state index in [1.807, 2.05) is 0 Å². The fourth-order valence-electron chi connectivity index (χ4n) is 2.59. The standard InChI is InChI=1S/C10H19N/c1-9-5-7-11-6-3-2-4-10(11)8-9/h9-10H,2-8H2,1H3. The lowest BCUT2D eigenvalue weighted by Gasteiger charge is -2.41. The summed E-state index contributed by atoms with van der Waals surface area (Å²) in [7, 11) is 0. The minimum atomic E-state index is 0.965. The van der Waals surface area contributed by atoms with Crippen LogP contribution < -0.4 is 0 Å². The molecule has 0 saturated carbocycles. The molecule has 2 aliphatic heterocycles.